The molecule has 4 nitrogen and oxygen atoms in total. The van der Waals surface area contributed by atoms with Crippen LogP contribution in [0.15, 0.2) is 30.5 Å². The molecular weight excluding hydrogens is 246 g/mol. The summed E-state index contributed by atoms with van der Waals surface area (Å²) in [6.07, 6.45) is 2.63. The highest BCUT2D eigenvalue weighted by Gasteiger charge is 1.98. The van der Waals surface area contributed by atoms with E-state index in [9.17, 15) is 0 Å². The molecule has 0 spiro atoms. The van der Waals surface area contributed by atoms with Crippen LogP contribution >= 0.6 is 11.8 Å². The highest BCUT2D eigenvalue weighted by Crippen LogP contribution is 2.11. The second kappa shape index (κ2) is 7.18. The number of rotatable bonds is 7. The van der Waals surface area contributed by atoms with E-state index in [1.54, 1.807) is 6.20 Å². The van der Waals surface area contributed by atoms with E-state index < -0.39 is 0 Å². The summed E-state index contributed by atoms with van der Waals surface area (Å²) < 4.78 is 0. The molecule has 18 heavy (non-hydrogen) atoms. The highest BCUT2D eigenvalue weighted by atomic mass is 32.2. The molecule has 1 heterocycles. The molecule has 5 heteroatoms. The van der Waals surface area contributed by atoms with Crippen molar-refractivity contribution in [2.24, 2.45) is 0 Å². The van der Waals surface area contributed by atoms with Crippen LogP contribution in [0.3, 0.4) is 0 Å². The number of benzene rings is 1. The molecule has 0 unspecified atom stereocenters. The minimum Gasteiger partial charge on any atom is -0.396 e. The number of aliphatic hydroxyl groups is 1. The van der Waals surface area contributed by atoms with E-state index in [-0.39, 0.29) is 6.61 Å². The standard InChI is InChI=1S/C13H17N3OS/c17-7-3-8-18-9-6-14-13-10-15-11-4-1-2-5-12(11)16-13/h1-2,4-5,10,17H,3,6-9H2,(H,14,16). The molecule has 0 atom stereocenters. The summed E-state index contributed by atoms with van der Waals surface area (Å²) in [4.78, 5) is 8.83. The van der Waals surface area contributed by atoms with Gasteiger partial charge in [0.25, 0.3) is 0 Å². The van der Waals surface area contributed by atoms with Crippen molar-refractivity contribution in [1.29, 1.82) is 0 Å². The van der Waals surface area contributed by atoms with Crippen LogP contribution in [-0.4, -0.2) is 39.7 Å². The number of aromatic nitrogens is 2. The van der Waals surface area contributed by atoms with Crippen molar-refractivity contribution in [3.05, 3.63) is 30.5 Å². The Morgan fingerprint density at radius 1 is 1.17 bits per heavy atom. The van der Waals surface area contributed by atoms with Gasteiger partial charge in [0.15, 0.2) is 0 Å². The summed E-state index contributed by atoms with van der Waals surface area (Å²) in [6.45, 7) is 1.14. The van der Waals surface area contributed by atoms with E-state index >= 15 is 0 Å². The van der Waals surface area contributed by atoms with Crippen molar-refractivity contribution in [2.75, 3.05) is 30.0 Å². The molecule has 2 N–H and O–H groups in total. The summed E-state index contributed by atoms with van der Waals surface area (Å²) in [7, 11) is 0. The lowest BCUT2D eigenvalue weighted by Gasteiger charge is -2.05. The summed E-state index contributed by atoms with van der Waals surface area (Å²) in [5.74, 6) is 2.83. The lowest BCUT2D eigenvalue weighted by molar-refractivity contribution is 0.296. The number of thioether (sulfide) groups is 1. The van der Waals surface area contributed by atoms with E-state index in [4.69, 9.17) is 5.11 Å². The first kappa shape index (κ1) is 13.1. The zero-order valence-electron chi connectivity index (χ0n) is 10.2. The minimum absolute atomic E-state index is 0.274. The quantitative estimate of drug-likeness (QED) is 0.750. The second-order valence-electron chi connectivity index (χ2n) is 3.86. The van der Waals surface area contributed by atoms with Gasteiger partial charge in [0.05, 0.1) is 17.2 Å². The molecule has 0 aliphatic carbocycles. The first-order chi connectivity index (χ1) is 8.90. The lowest BCUT2D eigenvalue weighted by atomic mass is 10.3. The van der Waals surface area contributed by atoms with Crippen LogP contribution < -0.4 is 5.32 Å². The fourth-order valence-electron chi connectivity index (χ4n) is 1.56. The lowest BCUT2D eigenvalue weighted by Crippen LogP contribution is -2.06. The van der Waals surface area contributed by atoms with Crippen molar-refractivity contribution >= 4 is 28.6 Å². The number of hydrogen-bond acceptors (Lipinski definition) is 5. The first-order valence-corrected chi connectivity index (χ1v) is 7.20. The zero-order chi connectivity index (χ0) is 12.6. The van der Waals surface area contributed by atoms with E-state index in [1.807, 2.05) is 36.0 Å². The Labute approximate surface area is 111 Å². The van der Waals surface area contributed by atoms with Crippen molar-refractivity contribution in [3.63, 3.8) is 0 Å². The zero-order valence-corrected chi connectivity index (χ0v) is 11.0. The number of fused-ring (bicyclic) bond motifs is 1. The van der Waals surface area contributed by atoms with Gasteiger partial charge in [0.1, 0.15) is 5.82 Å². The maximum Gasteiger partial charge on any atom is 0.145 e. The predicted octanol–water partition coefficient (Wildman–Crippen LogP) is 2.16. The van der Waals surface area contributed by atoms with E-state index in [0.29, 0.717) is 0 Å². The van der Waals surface area contributed by atoms with Gasteiger partial charge in [0, 0.05) is 18.9 Å². The third kappa shape index (κ3) is 3.85. The van der Waals surface area contributed by atoms with Gasteiger partial charge < -0.3 is 10.4 Å². The summed E-state index contributed by atoms with van der Waals surface area (Å²) in [5, 5.41) is 11.9. The first-order valence-electron chi connectivity index (χ1n) is 6.04. The van der Waals surface area contributed by atoms with Crippen LogP contribution in [0, 0.1) is 0 Å². The maximum absolute atomic E-state index is 8.65. The van der Waals surface area contributed by atoms with Gasteiger partial charge in [-0.05, 0) is 24.3 Å². The molecule has 1 aromatic carbocycles. The Balaban J connectivity index is 1.81. The van der Waals surface area contributed by atoms with Crippen LogP contribution in [0.5, 0.6) is 0 Å². The molecule has 2 aromatic rings. The van der Waals surface area contributed by atoms with Crippen molar-refractivity contribution in [1.82, 2.24) is 9.97 Å². The summed E-state index contributed by atoms with van der Waals surface area (Å²) >= 11 is 1.83. The Bertz CT molecular complexity index is 492. The van der Waals surface area contributed by atoms with Gasteiger partial charge in [-0.2, -0.15) is 11.8 Å². The van der Waals surface area contributed by atoms with Gasteiger partial charge in [-0.15, -0.1) is 0 Å². The minimum atomic E-state index is 0.274. The molecule has 0 saturated heterocycles. The molecule has 0 aliphatic heterocycles. The predicted molar refractivity (Wildman–Crippen MR) is 77.1 cm³/mol. The SMILES string of the molecule is OCCCSCCNc1cnc2ccccc2n1. The van der Waals surface area contributed by atoms with Gasteiger partial charge in [-0.3, -0.25) is 4.98 Å². The molecule has 0 fully saturated rings. The Kier molecular flexibility index (Phi) is 5.23. The topological polar surface area (TPSA) is 58.0 Å². The van der Waals surface area contributed by atoms with Crippen molar-refractivity contribution in [2.45, 2.75) is 6.42 Å². The second-order valence-corrected chi connectivity index (χ2v) is 5.09. The average molecular weight is 263 g/mol. The molecule has 96 valence electrons. The van der Waals surface area contributed by atoms with Crippen LogP contribution in [0.25, 0.3) is 11.0 Å². The third-order valence-electron chi connectivity index (χ3n) is 2.45. The number of para-hydroxylation sites is 2. The van der Waals surface area contributed by atoms with Gasteiger partial charge >= 0.3 is 0 Å². The molecule has 0 radical (unpaired) electrons. The Morgan fingerprint density at radius 3 is 2.83 bits per heavy atom. The number of nitrogens with one attached hydrogen (secondary N) is 1. The maximum atomic E-state index is 8.65. The number of aliphatic hydroxyl groups excluding tert-OH is 1. The molecular formula is C13H17N3OS. The number of nitrogens with zero attached hydrogens (tertiary/aromatic N) is 2. The highest BCUT2D eigenvalue weighted by molar-refractivity contribution is 7.99. The number of hydrogen-bond donors (Lipinski definition) is 2. The van der Waals surface area contributed by atoms with E-state index in [0.717, 1.165) is 41.3 Å². The van der Waals surface area contributed by atoms with E-state index in [2.05, 4.69) is 15.3 Å². The monoisotopic (exact) mass is 263 g/mol. The van der Waals surface area contributed by atoms with Crippen LogP contribution in [0.2, 0.25) is 0 Å². The average Bonchev–Trinajstić information content (AvgIpc) is 2.42. The van der Waals surface area contributed by atoms with Gasteiger partial charge in [-0.25, -0.2) is 4.98 Å². The molecule has 2 rings (SSSR count). The number of anilines is 1. The van der Waals surface area contributed by atoms with Gasteiger partial charge in [0.2, 0.25) is 0 Å². The largest absolute Gasteiger partial charge is 0.396 e. The molecule has 0 aliphatic rings. The van der Waals surface area contributed by atoms with E-state index in [1.165, 1.54) is 0 Å². The Hall–Kier alpha value is -1.33. The van der Waals surface area contributed by atoms with Gasteiger partial charge in [-0.1, -0.05) is 12.1 Å². The fraction of sp³-hybridized carbons (Fsp3) is 0.385. The molecule has 0 bridgehead atoms. The molecule has 0 amide bonds. The fourth-order valence-corrected chi connectivity index (χ4v) is 2.35. The van der Waals surface area contributed by atoms with Crippen LogP contribution in [-0.2, 0) is 0 Å². The summed E-state index contributed by atoms with van der Waals surface area (Å²) in [5.41, 5.74) is 1.83. The normalized spacial score (nSPS) is 10.7. The molecule has 0 saturated carbocycles. The summed E-state index contributed by atoms with van der Waals surface area (Å²) in [6, 6.07) is 7.84. The third-order valence-corrected chi connectivity index (χ3v) is 3.52. The smallest absolute Gasteiger partial charge is 0.145 e. The van der Waals surface area contributed by atoms with Crippen LogP contribution in [0.4, 0.5) is 5.82 Å². The van der Waals surface area contributed by atoms with Crippen LogP contribution in [0.1, 0.15) is 6.42 Å². The van der Waals surface area contributed by atoms with Crippen molar-refractivity contribution in [3.8, 4) is 0 Å². The Morgan fingerprint density at radius 2 is 2.00 bits per heavy atom. The van der Waals surface area contributed by atoms with Crippen molar-refractivity contribution < 1.29 is 5.11 Å². The molecule has 1 aromatic heterocycles.